The number of alkyl halides is 18. The maximum atomic E-state index is 14.4. The van der Waals surface area contributed by atoms with E-state index in [0.29, 0.717) is 0 Å². The van der Waals surface area contributed by atoms with Crippen molar-refractivity contribution >= 4 is 7.32 Å². The van der Waals surface area contributed by atoms with E-state index in [9.17, 15) is 79.0 Å². The summed E-state index contributed by atoms with van der Waals surface area (Å²) in [5, 5.41) is 0. The Morgan fingerprint density at radius 2 is 0.811 bits per heavy atom. The predicted molar refractivity (Wildman–Crippen MR) is 148 cm³/mol. The molecule has 0 bridgehead atoms. The fourth-order valence-electron chi connectivity index (χ4n) is 4.64. The van der Waals surface area contributed by atoms with Crippen LogP contribution in [-0.2, 0) is 37.1 Å². The van der Waals surface area contributed by atoms with Gasteiger partial charge in [-0.2, -0.15) is 79.0 Å². The van der Waals surface area contributed by atoms with Crippen LogP contribution in [0.25, 0.3) is 0 Å². The second kappa shape index (κ2) is 14.1. The molecular weight excluding hydrogens is 775 g/mol. The Hall–Kier alpha value is -4.44. The van der Waals surface area contributed by atoms with Crippen molar-refractivity contribution in [2.75, 3.05) is 21.1 Å². The summed E-state index contributed by atoms with van der Waals surface area (Å²) < 4.78 is 262. The first-order valence-electron chi connectivity index (χ1n) is 14.0. The summed E-state index contributed by atoms with van der Waals surface area (Å²) in [6.07, 6.45) is -32.9. The molecule has 23 heteroatoms. The highest BCUT2D eigenvalue weighted by atomic mass is 19.4. The Balaban J connectivity index is 2.45. The van der Waals surface area contributed by atoms with Crippen LogP contribution < -0.4 is 14.0 Å². The van der Waals surface area contributed by atoms with Crippen molar-refractivity contribution in [1.29, 1.82) is 0 Å². The Bertz CT molecular complexity index is 1660. The minimum atomic E-state index is -5.67. The molecule has 0 aliphatic rings. The van der Waals surface area contributed by atoms with Gasteiger partial charge in [-0.25, -0.2) is 0 Å². The van der Waals surface area contributed by atoms with E-state index in [1.54, 1.807) is 0 Å². The van der Waals surface area contributed by atoms with Crippen molar-refractivity contribution in [2.24, 2.45) is 0 Å². The van der Waals surface area contributed by atoms with E-state index in [-0.39, 0.29) is 36.4 Å². The normalized spacial score (nSPS) is 14.1. The van der Waals surface area contributed by atoms with Crippen LogP contribution >= 0.6 is 0 Å². The van der Waals surface area contributed by atoms with E-state index in [2.05, 4.69) is 6.58 Å². The summed E-state index contributed by atoms with van der Waals surface area (Å²) in [6, 6.07) is -3.94. The summed E-state index contributed by atoms with van der Waals surface area (Å²) in [5.74, 6) is -4.81. The molecule has 0 N–H and O–H groups in total. The third-order valence-electron chi connectivity index (χ3n) is 6.94. The highest BCUT2D eigenvalue weighted by molar-refractivity contribution is 6.39. The zero-order valence-corrected chi connectivity index (χ0v) is 26.5. The van der Waals surface area contributed by atoms with Gasteiger partial charge < -0.3 is 18.4 Å². The standard InChI is InChI=1S/C30H21BF18NO3/c1-5-22(50(2,3)4)24-21(30(47,48)49)12-18(29(44,45)46)13-23(24)53-31(51-19-8-14(25(32,33)34)6-15(9-19)26(35,36)37)52-20-10-16(27(38,39)40)7-17(11-20)28(41,42)43/h5-13,22H,1H2,2-4H3/q+1. The molecule has 292 valence electrons. The predicted octanol–water partition coefficient (Wildman–Crippen LogP) is 11.3. The molecule has 1 atom stereocenters. The lowest BCUT2D eigenvalue weighted by Gasteiger charge is -2.35. The molecule has 3 aromatic rings. The Morgan fingerprint density at radius 3 is 1.08 bits per heavy atom. The summed E-state index contributed by atoms with van der Waals surface area (Å²) in [4.78, 5) is 0. The zero-order valence-electron chi connectivity index (χ0n) is 26.5. The SMILES string of the molecule is C=CC(c1c(OB(Oc2cc(C(F)(F)F)cc(C(F)(F)F)c2)Oc2cc(C(F)(F)F)cc(C(F)(F)F)c2)cc(C(F)(F)F)cc1C(F)(F)F)[N+](C)(C)C. The van der Waals surface area contributed by atoms with E-state index in [1.165, 1.54) is 21.1 Å². The lowest BCUT2D eigenvalue weighted by atomic mass is 9.93. The van der Waals surface area contributed by atoms with E-state index < -0.39 is 123 Å². The van der Waals surface area contributed by atoms with Gasteiger partial charge in [-0.3, -0.25) is 0 Å². The summed E-state index contributed by atoms with van der Waals surface area (Å²) in [6.45, 7) is 3.34. The third kappa shape index (κ3) is 10.8. The van der Waals surface area contributed by atoms with Gasteiger partial charge >= 0.3 is 44.4 Å². The zero-order chi connectivity index (χ0) is 40.9. The molecule has 0 saturated carbocycles. The van der Waals surface area contributed by atoms with E-state index in [0.717, 1.165) is 6.08 Å². The van der Waals surface area contributed by atoms with Crippen molar-refractivity contribution in [2.45, 2.75) is 43.1 Å². The van der Waals surface area contributed by atoms with Crippen LogP contribution in [0.15, 0.2) is 61.2 Å². The fraction of sp³-hybridized carbons (Fsp3) is 0.333. The van der Waals surface area contributed by atoms with Crippen molar-refractivity contribution in [3.05, 3.63) is 100 Å². The molecular formula is C30H21BF18NO3+. The van der Waals surface area contributed by atoms with Crippen LogP contribution in [0.3, 0.4) is 0 Å². The minimum Gasteiger partial charge on any atom is -0.490 e. The number of quaternary nitrogens is 1. The van der Waals surface area contributed by atoms with Gasteiger partial charge in [-0.1, -0.05) is 6.58 Å². The monoisotopic (exact) mass is 796 g/mol. The number of rotatable bonds is 9. The molecule has 0 radical (unpaired) electrons. The Kier molecular flexibility index (Phi) is 11.4. The first-order chi connectivity index (χ1) is 23.6. The highest BCUT2D eigenvalue weighted by Gasteiger charge is 2.46. The average molecular weight is 796 g/mol. The van der Waals surface area contributed by atoms with Gasteiger partial charge in [0.1, 0.15) is 23.3 Å². The largest absolute Gasteiger partial charge is 0.864 e. The number of halogens is 18. The average Bonchev–Trinajstić information content (AvgIpc) is 2.94. The fourth-order valence-corrected chi connectivity index (χ4v) is 4.64. The van der Waals surface area contributed by atoms with Crippen molar-refractivity contribution < 1.29 is 97.5 Å². The van der Waals surface area contributed by atoms with Gasteiger partial charge in [0.25, 0.3) is 0 Å². The van der Waals surface area contributed by atoms with Crippen molar-refractivity contribution in [1.82, 2.24) is 0 Å². The molecule has 0 aromatic heterocycles. The quantitative estimate of drug-likeness (QED) is 0.0934. The molecule has 1 unspecified atom stereocenters. The van der Waals surface area contributed by atoms with E-state index >= 15 is 0 Å². The van der Waals surface area contributed by atoms with E-state index in [1.807, 2.05) is 0 Å². The summed E-state index contributed by atoms with van der Waals surface area (Å²) in [7, 11) is 0.286. The number of benzene rings is 3. The molecule has 0 fully saturated rings. The maximum Gasteiger partial charge on any atom is 0.864 e. The number of likely N-dealkylation sites (N-methyl/N-ethyl adjacent to an activating group) is 1. The van der Waals surface area contributed by atoms with Gasteiger partial charge in [-0.05, 0) is 54.6 Å². The Labute approximate surface area is 286 Å². The second-order valence-electron chi connectivity index (χ2n) is 11.9. The summed E-state index contributed by atoms with van der Waals surface area (Å²) >= 11 is 0. The van der Waals surface area contributed by atoms with Crippen LogP contribution in [0.1, 0.15) is 45.0 Å². The van der Waals surface area contributed by atoms with Crippen LogP contribution in [-0.4, -0.2) is 32.9 Å². The highest BCUT2D eigenvalue weighted by Crippen LogP contribution is 2.47. The number of hydrogen-bond acceptors (Lipinski definition) is 3. The molecule has 0 saturated heterocycles. The van der Waals surface area contributed by atoms with Gasteiger partial charge in [0.15, 0.2) is 0 Å². The van der Waals surface area contributed by atoms with Crippen LogP contribution in [0.4, 0.5) is 79.0 Å². The topological polar surface area (TPSA) is 27.7 Å². The van der Waals surface area contributed by atoms with Crippen LogP contribution in [0.5, 0.6) is 17.2 Å². The molecule has 3 aromatic carbocycles. The third-order valence-corrected chi connectivity index (χ3v) is 6.94. The summed E-state index contributed by atoms with van der Waals surface area (Å²) in [5.41, 5.74) is -13.9. The minimum absolute atomic E-state index is 0.142. The van der Waals surface area contributed by atoms with Gasteiger partial charge in [0, 0.05) is 0 Å². The van der Waals surface area contributed by atoms with Crippen LogP contribution in [0, 0.1) is 0 Å². The molecule has 3 rings (SSSR count). The number of nitrogens with zero attached hydrogens (tertiary/aromatic N) is 1. The van der Waals surface area contributed by atoms with Gasteiger partial charge in [0.05, 0.1) is 60.1 Å². The number of hydrogen-bond donors (Lipinski definition) is 0. The lowest BCUT2D eigenvalue weighted by Crippen LogP contribution is -2.41. The lowest BCUT2D eigenvalue weighted by molar-refractivity contribution is -0.895. The first-order valence-corrected chi connectivity index (χ1v) is 14.0. The smallest absolute Gasteiger partial charge is 0.490 e. The van der Waals surface area contributed by atoms with Crippen LogP contribution in [0.2, 0.25) is 0 Å². The molecule has 0 aliphatic heterocycles. The Morgan fingerprint density at radius 1 is 0.491 bits per heavy atom. The molecule has 0 heterocycles. The van der Waals surface area contributed by atoms with E-state index in [4.69, 9.17) is 14.0 Å². The molecule has 4 nitrogen and oxygen atoms in total. The molecule has 0 spiro atoms. The first kappa shape index (κ1) is 43.0. The van der Waals surface area contributed by atoms with Gasteiger partial charge in [0.2, 0.25) is 0 Å². The molecule has 0 aliphatic carbocycles. The molecule has 53 heavy (non-hydrogen) atoms. The van der Waals surface area contributed by atoms with Crippen molar-refractivity contribution in [3.63, 3.8) is 0 Å². The van der Waals surface area contributed by atoms with Crippen molar-refractivity contribution in [3.8, 4) is 17.2 Å². The molecule has 0 amide bonds. The second-order valence-corrected chi connectivity index (χ2v) is 11.9. The maximum absolute atomic E-state index is 14.4. The van der Waals surface area contributed by atoms with Gasteiger partial charge in [-0.15, -0.1) is 0 Å².